The van der Waals surface area contributed by atoms with E-state index in [2.05, 4.69) is 0 Å². The summed E-state index contributed by atoms with van der Waals surface area (Å²) in [7, 11) is 0. The predicted molar refractivity (Wildman–Crippen MR) is 107 cm³/mol. The van der Waals surface area contributed by atoms with Crippen LogP contribution in [0.3, 0.4) is 0 Å². The smallest absolute Gasteiger partial charge is 0.195 e. The average molecular weight is 368 g/mol. The molecule has 0 bridgehead atoms. The van der Waals surface area contributed by atoms with Crippen LogP contribution >= 0.6 is 11.3 Å². The van der Waals surface area contributed by atoms with Crippen LogP contribution in [0.2, 0.25) is 0 Å². The Labute approximate surface area is 158 Å². The number of ketones is 2. The molecule has 4 heteroatoms. The topological polar surface area (TPSA) is 51.2 Å². The Hall–Kier alpha value is -3.37. The first-order valence-corrected chi connectivity index (χ1v) is 9.31. The third-order valence-electron chi connectivity index (χ3n) is 4.84. The molecule has 3 nitrogen and oxygen atoms in total. The van der Waals surface area contributed by atoms with Crippen LogP contribution in [0.15, 0.2) is 77.6 Å². The Kier molecular flexibility index (Phi) is 3.42. The molecule has 1 heterocycles. The van der Waals surface area contributed by atoms with Gasteiger partial charge < -0.3 is 0 Å². The van der Waals surface area contributed by atoms with Gasteiger partial charge in [-0.05, 0) is 17.7 Å². The van der Waals surface area contributed by atoms with Crippen LogP contribution in [-0.4, -0.2) is 11.6 Å². The molecule has 0 radical (unpaired) electrons. The van der Waals surface area contributed by atoms with E-state index in [1.165, 1.54) is 11.3 Å². The number of benzene rings is 3. The summed E-state index contributed by atoms with van der Waals surface area (Å²) in [5.41, 5.74) is 2.29. The van der Waals surface area contributed by atoms with Gasteiger partial charge in [-0.25, -0.2) is 0 Å². The highest BCUT2D eigenvalue weighted by atomic mass is 32.1. The van der Waals surface area contributed by atoms with Gasteiger partial charge in [0, 0.05) is 33.0 Å². The number of carbonyl (C=O) groups is 2. The fourth-order valence-corrected chi connectivity index (χ4v) is 4.76. The summed E-state index contributed by atoms with van der Waals surface area (Å²) in [6.07, 6.45) is 0. The average Bonchev–Trinajstić information content (AvgIpc) is 2.72. The molecule has 1 aliphatic rings. The molecular weight excluding hydrogens is 356 g/mol. The molecule has 0 atom stereocenters. The molecule has 0 N–H and O–H groups in total. The van der Waals surface area contributed by atoms with Gasteiger partial charge in [-0.2, -0.15) is 0 Å². The van der Waals surface area contributed by atoms with Gasteiger partial charge in [0.1, 0.15) is 0 Å². The maximum atomic E-state index is 13.2. The molecule has 4 aromatic rings. The molecule has 0 amide bonds. The molecular formula is C23H12O3S. The summed E-state index contributed by atoms with van der Waals surface area (Å²) in [5, 5.41) is 0.471. The highest BCUT2D eigenvalue weighted by Crippen LogP contribution is 2.36. The van der Waals surface area contributed by atoms with E-state index in [4.69, 9.17) is 0 Å². The van der Waals surface area contributed by atoms with E-state index in [0.29, 0.717) is 32.3 Å². The minimum Gasteiger partial charge on any atom is -0.289 e. The fraction of sp³-hybridized carbons (Fsp3) is 0. The molecule has 1 aromatic heterocycles. The highest BCUT2D eigenvalue weighted by molar-refractivity contribution is 7.22. The first-order valence-electron chi connectivity index (χ1n) is 8.50. The monoisotopic (exact) mass is 368 g/mol. The van der Waals surface area contributed by atoms with Crippen molar-refractivity contribution in [2.75, 3.05) is 0 Å². The number of hydrogen-bond donors (Lipinski definition) is 0. The molecule has 1 aliphatic carbocycles. The number of fused-ring (bicyclic) bond motifs is 4. The van der Waals surface area contributed by atoms with Gasteiger partial charge in [0.05, 0.1) is 10.3 Å². The Morgan fingerprint density at radius 1 is 0.630 bits per heavy atom. The van der Waals surface area contributed by atoms with E-state index in [1.807, 2.05) is 30.3 Å². The van der Waals surface area contributed by atoms with Crippen molar-refractivity contribution in [2.24, 2.45) is 0 Å². The Morgan fingerprint density at radius 3 is 2.04 bits per heavy atom. The molecule has 0 spiro atoms. The van der Waals surface area contributed by atoms with Gasteiger partial charge in [0.2, 0.25) is 0 Å². The van der Waals surface area contributed by atoms with E-state index in [-0.39, 0.29) is 17.0 Å². The molecule has 5 rings (SSSR count). The maximum absolute atomic E-state index is 13.2. The van der Waals surface area contributed by atoms with Gasteiger partial charge in [0.25, 0.3) is 0 Å². The molecule has 0 aliphatic heterocycles. The van der Waals surface area contributed by atoms with Crippen LogP contribution in [0, 0.1) is 0 Å². The van der Waals surface area contributed by atoms with Crippen molar-refractivity contribution in [3.63, 3.8) is 0 Å². The predicted octanol–water partition coefficient (Wildman–Crippen LogP) is 4.70. The number of carbonyl (C=O) groups excluding carboxylic acids is 2. The molecule has 128 valence electrons. The summed E-state index contributed by atoms with van der Waals surface area (Å²) < 4.78 is 0.576. The van der Waals surface area contributed by atoms with E-state index in [0.717, 1.165) is 10.4 Å². The molecule has 27 heavy (non-hydrogen) atoms. The van der Waals surface area contributed by atoms with Crippen molar-refractivity contribution in [2.45, 2.75) is 0 Å². The molecule has 0 unspecified atom stereocenters. The summed E-state index contributed by atoms with van der Waals surface area (Å²) in [4.78, 5) is 39.6. The zero-order chi connectivity index (χ0) is 18.5. The first kappa shape index (κ1) is 15.9. The summed E-state index contributed by atoms with van der Waals surface area (Å²) >= 11 is 1.38. The molecule has 3 aromatic carbocycles. The zero-order valence-electron chi connectivity index (χ0n) is 14.1. The van der Waals surface area contributed by atoms with Crippen LogP contribution in [0.25, 0.3) is 20.5 Å². The maximum Gasteiger partial charge on any atom is 0.195 e. The second kappa shape index (κ2) is 5.83. The third kappa shape index (κ3) is 2.31. The van der Waals surface area contributed by atoms with Crippen LogP contribution in [-0.2, 0) is 0 Å². The van der Waals surface area contributed by atoms with Crippen molar-refractivity contribution in [1.82, 2.24) is 0 Å². The number of hydrogen-bond acceptors (Lipinski definition) is 4. The lowest BCUT2D eigenvalue weighted by molar-refractivity contribution is 0.0980. The summed E-state index contributed by atoms with van der Waals surface area (Å²) in [5.74, 6) is -0.376. The van der Waals surface area contributed by atoms with Crippen LogP contribution in [0.5, 0.6) is 0 Å². The minimum atomic E-state index is -0.202. The van der Waals surface area contributed by atoms with Gasteiger partial charge in [0.15, 0.2) is 17.0 Å². The van der Waals surface area contributed by atoms with Crippen molar-refractivity contribution < 1.29 is 9.59 Å². The van der Waals surface area contributed by atoms with Gasteiger partial charge >= 0.3 is 0 Å². The van der Waals surface area contributed by atoms with Crippen molar-refractivity contribution in [1.29, 1.82) is 0 Å². The Bertz CT molecular complexity index is 1320. The largest absolute Gasteiger partial charge is 0.289 e. The zero-order valence-corrected chi connectivity index (χ0v) is 14.9. The second-order valence-electron chi connectivity index (χ2n) is 6.41. The van der Waals surface area contributed by atoms with Gasteiger partial charge in [-0.1, -0.05) is 54.6 Å². The van der Waals surface area contributed by atoms with E-state index in [1.54, 1.807) is 42.5 Å². The normalized spacial score (nSPS) is 12.7. The van der Waals surface area contributed by atoms with Crippen molar-refractivity contribution >= 4 is 33.0 Å². The molecule has 0 saturated heterocycles. The quantitative estimate of drug-likeness (QED) is 0.431. The number of rotatable bonds is 1. The van der Waals surface area contributed by atoms with Crippen LogP contribution < -0.4 is 5.43 Å². The van der Waals surface area contributed by atoms with E-state index < -0.39 is 0 Å². The summed E-state index contributed by atoms with van der Waals surface area (Å²) in [6, 6.07) is 21.3. The summed E-state index contributed by atoms with van der Waals surface area (Å²) in [6.45, 7) is 0. The Balaban J connectivity index is 1.86. The van der Waals surface area contributed by atoms with Gasteiger partial charge in [-0.15, -0.1) is 11.3 Å². The minimum absolute atomic E-state index is 0.149. The van der Waals surface area contributed by atoms with E-state index >= 15 is 0 Å². The lowest BCUT2D eigenvalue weighted by atomic mass is 9.83. The van der Waals surface area contributed by atoms with Crippen LogP contribution in [0.1, 0.15) is 31.8 Å². The third-order valence-corrected chi connectivity index (χ3v) is 6.05. The first-order chi connectivity index (χ1) is 13.1. The lowest BCUT2D eigenvalue weighted by Crippen LogP contribution is -2.21. The molecule has 0 saturated carbocycles. The van der Waals surface area contributed by atoms with Crippen molar-refractivity contribution in [3.05, 3.63) is 105 Å². The molecule has 0 fully saturated rings. The van der Waals surface area contributed by atoms with Crippen LogP contribution in [0.4, 0.5) is 0 Å². The second-order valence-corrected chi connectivity index (χ2v) is 7.46. The van der Waals surface area contributed by atoms with Crippen molar-refractivity contribution in [3.8, 4) is 10.4 Å². The highest BCUT2D eigenvalue weighted by Gasteiger charge is 2.31. The fourth-order valence-electron chi connectivity index (χ4n) is 3.54. The van der Waals surface area contributed by atoms with Gasteiger partial charge in [-0.3, -0.25) is 14.4 Å². The van der Waals surface area contributed by atoms with E-state index in [9.17, 15) is 14.4 Å². The SMILES string of the molecule is O=C1c2ccccc2C(=O)c2c1ccc1c(=O)cc(-c3ccccc3)sc21. The lowest BCUT2D eigenvalue weighted by Gasteiger charge is -2.18. The standard InChI is InChI=1S/C23H12O3S/c24-18-12-19(13-6-2-1-3-7-13)27-23-16(18)10-11-17-20(23)22(26)15-9-5-4-8-14(15)21(17)25/h1-12H. The Morgan fingerprint density at radius 2 is 1.30 bits per heavy atom.